The van der Waals surface area contributed by atoms with Crippen LogP contribution in [-0.2, 0) is 14.8 Å². The number of carbonyl (C=O) groups excluding carboxylic acids is 1. The molecule has 144 valence electrons. The molecule has 0 atom stereocenters. The van der Waals surface area contributed by atoms with Crippen molar-refractivity contribution in [2.45, 2.75) is 18.7 Å². The van der Waals surface area contributed by atoms with Gasteiger partial charge in [-0.2, -0.15) is 0 Å². The number of hydrogen-bond donors (Lipinski definition) is 2. The lowest BCUT2D eigenvalue weighted by molar-refractivity contribution is -0.384. The van der Waals surface area contributed by atoms with Crippen LogP contribution < -0.4 is 15.4 Å². The number of nitrogens with two attached hydrogens (primary N) is 1. The van der Waals surface area contributed by atoms with Crippen LogP contribution in [0.2, 0.25) is 0 Å². The Labute approximate surface area is 157 Å². The van der Waals surface area contributed by atoms with Crippen molar-refractivity contribution in [3.8, 4) is 0 Å². The first-order valence-electron chi connectivity index (χ1n) is 7.89. The Morgan fingerprint density at radius 1 is 1.26 bits per heavy atom. The third kappa shape index (κ3) is 4.80. The number of hydrogen-bond acceptors (Lipinski definition) is 6. The number of amides is 1. The van der Waals surface area contributed by atoms with Crippen molar-refractivity contribution in [2.24, 2.45) is 5.14 Å². The molecule has 1 amide bonds. The summed E-state index contributed by atoms with van der Waals surface area (Å²) in [6.07, 6.45) is 0. The van der Waals surface area contributed by atoms with E-state index in [1.807, 2.05) is 26.0 Å². The molecule has 0 heterocycles. The van der Waals surface area contributed by atoms with Crippen LogP contribution in [0.15, 0.2) is 41.3 Å². The van der Waals surface area contributed by atoms with Crippen LogP contribution in [-0.4, -0.2) is 32.8 Å². The molecule has 0 aliphatic rings. The quantitative estimate of drug-likeness (QED) is 0.569. The summed E-state index contributed by atoms with van der Waals surface area (Å²) < 4.78 is 22.8. The fourth-order valence-electron chi connectivity index (χ4n) is 2.53. The van der Waals surface area contributed by atoms with Gasteiger partial charge in [0, 0.05) is 18.8 Å². The van der Waals surface area contributed by atoms with Gasteiger partial charge in [0.2, 0.25) is 15.9 Å². The molecule has 0 saturated heterocycles. The van der Waals surface area contributed by atoms with Gasteiger partial charge in [-0.15, -0.1) is 0 Å². The minimum absolute atomic E-state index is 0.100. The van der Waals surface area contributed by atoms with Crippen LogP contribution in [0.25, 0.3) is 0 Å². The number of nitrogens with one attached hydrogen (secondary N) is 1. The number of sulfonamides is 1. The predicted octanol–water partition coefficient (Wildman–Crippen LogP) is 1.93. The smallest absolute Gasteiger partial charge is 0.293 e. The number of aryl methyl sites for hydroxylation is 1. The fourth-order valence-corrected chi connectivity index (χ4v) is 3.06. The number of primary sulfonamides is 1. The first-order valence-corrected chi connectivity index (χ1v) is 9.44. The number of likely N-dealkylation sites (N-methyl/N-ethyl adjacent to an activating group) is 1. The second-order valence-corrected chi connectivity index (χ2v) is 7.67. The zero-order chi connectivity index (χ0) is 20.4. The minimum Gasteiger partial charge on any atom is -0.360 e. The van der Waals surface area contributed by atoms with Gasteiger partial charge in [0.05, 0.1) is 16.4 Å². The molecule has 0 bridgehead atoms. The van der Waals surface area contributed by atoms with Crippen molar-refractivity contribution < 1.29 is 18.1 Å². The summed E-state index contributed by atoms with van der Waals surface area (Å²) in [5, 5.41) is 19.1. The van der Waals surface area contributed by atoms with E-state index in [9.17, 15) is 23.3 Å². The van der Waals surface area contributed by atoms with Crippen molar-refractivity contribution in [3.63, 3.8) is 0 Å². The number of benzene rings is 2. The molecule has 2 aromatic rings. The number of rotatable bonds is 6. The summed E-state index contributed by atoms with van der Waals surface area (Å²) in [5.41, 5.74) is 2.26. The number of nitro groups is 1. The molecule has 9 nitrogen and oxygen atoms in total. The van der Waals surface area contributed by atoms with E-state index in [1.165, 1.54) is 18.0 Å². The molecule has 0 spiro atoms. The zero-order valence-electron chi connectivity index (χ0n) is 15.1. The van der Waals surface area contributed by atoms with E-state index in [4.69, 9.17) is 5.14 Å². The van der Waals surface area contributed by atoms with Crippen molar-refractivity contribution in [3.05, 3.63) is 57.6 Å². The first-order chi connectivity index (χ1) is 12.5. The van der Waals surface area contributed by atoms with Gasteiger partial charge in [-0.25, -0.2) is 13.6 Å². The second-order valence-electron chi connectivity index (χ2n) is 6.10. The lowest BCUT2D eigenvalue weighted by Gasteiger charge is -2.19. The number of nitrogens with zero attached hydrogens (tertiary/aromatic N) is 2. The summed E-state index contributed by atoms with van der Waals surface area (Å²) >= 11 is 0. The van der Waals surface area contributed by atoms with Crippen molar-refractivity contribution >= 4 is 33.0 Å². The van der Waals surface area contributed by atoms with Crippen LogP contribution in [0.5, 0.6) is 0 Å². The molecule has 0 unspecified atom stereocenters. The van der Waals surface area contributed by atoms with E-state index in [1.54, 1.807) is 6.07 Å². The second kappa shape index (κ2) is 7.72. The summed E-state index contributed by atoms with van der Waals surface area (Å²) in [4.78, 5) is 23.9. The Balaban J connectivity index is 2.24. The molecular formula is C17H20N4O5S. The van der Waals surface area contributed by atoms with Crippen LogP contribution >= 0.6 is 0 Å². The summed E-state index contributed by atoms with van der Waals surface area (Å²) in [5.74, 6) is -0.365. The molecule has 2 aromatic carbocycles. The van der Waals surface area contributed by atoms with Gasteiger partial charge in [0.1, 0.15) is 5.69 Å². The Bertz CT molecular complexity index is 1000. The SMILES string of the molecule is Cc1cccc(NC(=O)CN(C)c2ccc(S(N)(=O)=O)cc2[N+](=O)[O-])c1C. The Morgan fingerprint density at radius 3 is 2.52 bits per heavy atom. The van der Waals surface area contributed by atoms with E-state index in [0.717, 1.165) is 23.3 Å². The van der Waals surface area contributed by atoms with Crippen LogP contribution in [0, 0.1) is 24.0 Å². The highest BCUT2D eigenvalue weighted by Crippen LogP contribution is 2.29. The fraction of sp³-hybridized carbons (Fsp3) is 0.235. The van der Waals surface area contributed by atoms with Gasteiger partial charge in [0.25, 0.3) is 5.69 Å². The monoisotopic (exact) mass is 392 g/mol. The van der Waals surface area contributed by atoms with Crippen LogP contribution in [0.3, 0.4) is 0 Å². The van der Waals surface area contributed by atoms with Crippen molar-refractivity contribution in [2.75, 3.05) is 23.8 Å². The molecule has 0 aliphatic heterocycles. The molecule has 0 aliphatic carbocycles. The van der Waals surface area contributed by atoms with E-state index < -0.39 is 20.6 Å². The molecule has 0 saturated carbocycles. The standard InChI is InChI=1S/C17H20N4O5S/c1-11-5-4-6-14(12(11)2)19-17(22)10-20(3)15-8-7-13(27(18,25)26)9-16(15)21(23)24/h4-9H,10H2,1-3H3,(H,19,22)(H2,18,25,26). The molecule has 27 heavy (non-hydrogen) atoms. The maximum atomic E-state index is 12.3. The predicted molar refractivity (Wildman–Crippen MR) is 102 cm³/mol. The molecule has 3 N–H and O–H groups in total. The maximum absolute atomic E-state index is 12.3. The average molecular weight is 392 g/mol. The third-order valence-electron chi connectivity index (χ3n) is 4.14. The summed E-state index contributed by atoms with van der Waals surface area (Å²) in [7, 11) is -2.57. The topological polar surface area (TPSA) is 136 Å². The first kappa shape index (κ1) is 20.3. The summed E-state index contributed by atoms with van der Waals surface area (Å²) in [6, 6.07) is 8.80. The van der Waals surface area contributed by atoms with Gasteiger partial charge in [-0.1, -0.05) is 12.1 Å². The van der Waals surface area contributed by atoms with Crippen molar-refractivity contribution in [1.82, 2.24) is 0 Å². The number of anilines is 2. The van der Waals surface area contributed by atoms with Crippen LogP contribution in [0.1, 0.15) is 11.1 Å². The largest absolute Gasteiger partial charge is 0.360 e. The van der Waals surface area contributed by atoms with Gasteiger partial charge in [-0.3, -0.25) is 14.9 Å². The lowest BCUT2D eigenvalue weighted by Crippen LogP contribution is -2.30. The molecule has 0 aromatic heterocycles. The van der Waals surface area contributed by atoms with E-state index >= 15 is 0 Å². The van der Waals surface area contributed by atoms with Gasteiger partial charge < -0.3 is 10.2 Å². The highest BCUT2D eigenvalue weighted by molar-refractivity contribution is 7.89. The Morgan fingerprint density at radius 2 is 1.93 bits per heavy atom. The third-order valence-corrected chi connectivity index (χ3v) is 5.05. The number of carbonyl (C=O) groups is 1. The number of nitro benzene ring substituents is 1. The Hall–Kier alpha value is -2.98. The highest BCUT2D eigenvalue weighted by atomic mass is 32.2. The molecule has 2 rings (SSSR count). The van der Waals surface area contributed by atoms with E-state index in [0.29, 0.717) is 5.69 Å². The minimum atomic E-state index is -4.08. The zero-order valence-corrected chi connectivity index (χ0v) is 15.9. The van der Waals surface area contributed by atoms with E-state index in [-0.39, 0.29) is 23.0 Å². The van der Waals surface area contributed by atoms with E-state index in [2.05, 4.69) is 5.32 Å². The van der Waals surface area contributed by atoms with Crippen molar-refractivity contribution in [1.29, 1.82) is 0 Å². The van der Waals surface area contributed by atoms with Gasteiger partial charge in [0.15, 0.2) is 0 Å². The highest BCUT2D eigenvalue weighted by Gasteiger charge is 2.22. The molecule has 0 fully saturated rings. The molecule has 0 radical (unpaired) electrons. The van der Waals surface area contributed by atoms with Crippen LogP contribution in [0.4, 0.5) is 17.1 Å². The maximum Gasteiger partial charge on any atom is 0.293 e. The van der Waals surface area contributed by atoms with Gasteiger partial charge in [-0.05, 0) is 43.2 Å². The lowest BCUT2D eigenvalue weighted by atomic mass is 10.1. The average Bonchev–Trinajstić information content (AvgIpc) is 2.57. The normalized spacial score (nSPS) is 11.1. The Kier molecular flexibility index (Phi) is 5.82. The molecule has 10 heteroatoms. The molecular weight excluding hydrogens is 372 g/mol. The summed E-state index contributed by atoms with van der Waals surface area (Å²) in [6.45, 7) is 3.64. The van der Waals surface area contributed by atoms with Gasteiger partial charge >= 0.3 is 0 Å².